The van der Waals surface area contributed by atoms with E-state index in [1.165, 1.54) is 44.1 Å². The predicted octanol–water partition coefficient (Wildman–Crippen LogP) is 4.79. The Morgan fingerprint density at radius 3 is 2.57 bits per heavy atom. The third-order valence-electron chi connectivity index (χ3n) is 7.40. The summed E-state index contributed by atoms with van der Waals surface area (Å²) < 4.78 is 0. The van der Waals surface area contributed by atoms with Crippen LogP contribution in [0, 0.1) is 16.7 Å². The highest BCUT2D eigenvalue weighted by Crippen LogP contribution is 2.42. The molecule has 0 amide bonds. The van der Waals surface area contributed by atoms with Crippen molar-refractivity contribution >= 4 is 5.71 Å². The summed E-state index contributed by atoms with van der Waals surface area (Å²) >= 11 is 0. The van der Waals surface area contributed by atoms with Crippen LogP contribution >= 0.6 is 0 Å². The number of nitrogens with zero attached hydrogens (tertiary/aromatic N) is 3. The highest BCUT2D eigenvalue weighted by molar-refractivity contribution is 6.10. The van der Waals surface area contributed by atoms with Gasteiger partial charge in [-0.2, -0.15) is 5.21 Å². The summed E-state index contributed by atoms with van der Waals surface area (Å²) in [5, 5.41) is 25.9. The quantitative estimate of drug-likeness (QED) is 0.352. The van der Waals surface area contributed by atoms with Crippen LogP contribution in [0.25, 0.3) is 22.6 Å². The monoisotopic (exact) mass is 471 g/mol. The lowest BCUT2D eigenvalue weighted by Gasteiger charge is -2.34. The SMILES string of the molecule is CC1(C)CCC(c2ccc(-c3cc(C(=N)/C=C\NCC4CC4)c(-c4nn[nH]n4)c(=O)[nH]3)cc2)CC1. The second kappa shape index (κ2) is 9.60. The van der Waals surface area contributed by atoms with Gasteiger partial charge in [0.15, 0.2) is 0 Å². The van der Waals surface area contributed by atoms with Crippen molar-refractivity contribution < 1.29 is 0 Å². The van der Waals surface area contributed by atoms with Gasteiger partial charge in [-0.25, -0.2) is 0 Å². The number of hydrogen-bond donors (Lipinski definition) is 4. The Morgan fingerprint density at radius 2 is 1.91 bits per heavy atom. The summed E-state index contributed by atoms with van der Waals surface area (Å²) in [4.78, 5) is 16.1. The Balaban J connectivity index is 1.42. The van der Waals surface area contributed by atoms with E-state index in [4.69, 9.17) is 5.41 Å². The molecule has 0 aliphatic heterocycles. The first-order chi connectivity index (χ1) is 16.9. The van der Waals surface area contributed by atoms with E-state index in [-0.39, 0.29) is 22.7 Å². The zero-order valence-corrected chi connectivity index (χ0v) is 20.4. The number of tetrazole rings is 1. The Morgan fingerprint density at radius 1 is 1.17 bits per heavy atom. The molecule has 1 aromatic carbocycles. The summed E-state index contributed by atoms with van der Waals surface area (Å²) in [7, 11) is 0. The first-order valence-electron chi connectivity index (χ1n) is 12.5. The maximum Gasteiger partial charge on any atom is 0.260 e. The van der Waals surface area contributed by atoms with Gasteiger partial charge in [0, 0.05) is 17.8 Å². The Kier molecular flexibility index (Phi) is 6.36. The topological polar surface area (TPSA) is 123 Å². The van der Waals surface area contributed by atoms with Crippen LogP contribution in [0.3, 0.4) is 0 Å². The predicted molar refractivity (Wildman–Crippen MR) is 137 cm³/mol. The molecule has 3 aromatic rings. The molecule has 2 fully saturated rings. The zero-order chi connectivity index (χ0) is 24.4. The molecule has 2 aliphatic rings. The number of aromatic nitrogens is 5. The second-order valence-electron chi connectivity index (χ2n) is 10.7. The molecule has 2 saturated carbocycles. The van der Waals surface area contributed by atoms with Crippen molar-refractivity contribution in [2.24, 2.45) is 11.3 Å². The van der Waals surface area contributed by atoms with Gasteiger partial charge in [-0.3, -0.25) is 4.79 Å². The van der Waals surface area contributed by atoms with Crippen LogP contribution in [-0.2, 0) is 0 Å². The number of benzene rings is 1. The summed E-state index contributed by atoms with van der Waals surface area (Å²) in [6, 6.07) is 10.3. The van der Waals surface area contributed by atoms with Crippen LogP contribution in [-0.4, -0.2) is 37.9 Å². The molecule has 2 aromatic heterocycles. The van der Waals surface area contributed by atoms with E-state index in [0.29, 0.717) is 22.6 Å². The van der Waals surface area contributed by atoms with E-state index < -0.39 is 0 Å². The third-order valence-corrected chi connectivity index (χ3v) is 7.40. The molecule has 0 saturated heterocycles. The Labute approximate surface area is 205 Å². The summed E-state index contributed by atoms with van der Waals surface area (Å²) in [5.41, 5.74) is 3.94. The van der Waals surface area contributed by atoms with Crippen LogP contribution in [0.2, 0.25) is 0 Å². The molecule has 8 heteroatoms. The maximum atomic E-state index is 13.1. The molecule has 2 heterocycles. The molecule has 0 spiro atoms. The lowest BCUT2D eigenvalue weighted by Crippen LogP contribution is -2.20. The molecule has 35 heavy (non-hydrogen) atoms. The molecular formula is C27H33N7O. The van der Waals surface area contributed by atoms with Crippen molar-refractivity contribution in [3.63, 3.8) is 0 Å². The first-order valence-corrected chi connectivity index (χ1v) is 12.5. The molecule has 2 aliphatic carbocycles. The molecule has 4 N–H and O–H groups in total. The van der Waals surface area contributed by atoms with Gasteiger partial charge in [0.25, 0.3) is 5.56 Å². The van der Waals surface area contributed by atoms with Crippen LogP contribution in [0.15, 0.2) is 47.4 Å². The van der Waals surface area contributed by atoms with Gasteiger partial charge >= 0.3 is 0 Å². The van der Waals surface area contributed by atoms with E-state index in [1.54, 1.807) is 12.3 Å². The third kappa shape index (κ3) is 5.42. The number of nitrogens with one attached hydrogen (secondary N) is 4. The van der Waals surface area contributed by atoms with Gasteiger partial charge in [0.2, 0.25) is 5.82 Å². The average Bonchev–Trinajstić information content (AvgIpc) is 3.52. The van der Waals surface area contributed by atoms with Crippen molar-refractivity contribution in [1.29, 1.82) is 5.41 Å². The van der Waals surface area contributed by atoms with E-state index in [9.17, 15) is 4.79 Å². The Hall–Kier alpha value is -3.55. The molecule has 0 radical (unpaired) electrons. The second-order valence-corrected chi connectivity index (χ2v) is 10.7. The van der Waals surface area contributed by atoms with Crippen molar-refractivity contribution in [2.75, 3.05) is 6.54 Å². The minimum Gasteiger partial charge on any atom is -0.391 e. The summed E-state index contributed by atoms with van der Waals surface area (Å²) in [6.45, 7) is 5.62. The molecule has 0 atom stereocenters. The van der Waals surface area contributed by atoms with E-state index in [2.05, 4.69) is 69.0 Å². The van der Waals surface area contributed by atoms with Gasteiger partial charge in [0.1, 0.15) is 0 Å². The molecular weight excluding hydrogens is 438 g/mol. The zero-order valence-electron chi connectivity index (χ0n) is 20.4. The van der Waals surface area contributed by atoms with Gasteiger partial charge in [0.05, 0.1) is 11.3 Å². The first kappa shape index (κ1) is 23.2. The minimum atomic E-state index is -0.346. The van der Waals surface area contributed by atoms with Crippen molar-refractivity contribution in [3.8, 4) is 22.6 Å². The number of aromatic amines is 2. The average molecular weight is 472 g/mol. The van der Waals surface area contributed by atoms with Crippen LogP contribution in [0.1, 0.15) is 69.4 Å². The molecule has 0 unspecified atom stereocenters. The molecule has 182 valence electrons. The fourth-order valence-corrected chi connectivity index (χ4v) is 4.87. The van der Waals surface area contributed by atoms with Gasteiger partial charge in [-0.05, 0) is 90.5 Å². The van der Waals surface area contributed by atoms with E-state index in [0.717, 1.165) is 18.0 Å². The lowest BCUT2D eigenvalue weighted by atomic mass is 9.71. The van der Waals surface area contributed by atoms with E-state index in [1.807, 2.05) is 6.07 Å². The van der Waals surface area contributed by atoms with Gasteiger partial charge < -0.3 is 15.7 Å². The lowest BCUT2D eigenvalue weighted by molar-refractivity contribution is 0.224. The maximum absolute atomic E-state index is 13.1. The normalized spacial score (nSPS) is 18.1. The van der Waals surface area contributed by atoms with Crippen LogP contribution in [0.4, 0.5) is 0 Å². The minimum absolute atomic E-state index is 0.174. The fraction of sp³-hybridized carbons (Fsp3) is 0.444. The van der Waals surface area contributed by atoms with Crippen molar-refractivity contribution in [3.05, 3.63) is 64.1 Å². The van der Waals surface area contributed by atoms with E-state index >= 15 is 0 Å². The molecule has 0 bridgehead atoms. The fourth-order valence-electron chi connectivity index (χ4n) is 4.87. The molecule has 8 nitrogen and oxygen atoms in total. The summed E-state index contributed by atoms with van der Waals surface area (Å²) in [5.74, 6) is 1.50. The van der Waals surface area contributed by atoms with Crippen LogP contribution < -0.4 is 10.9 Å². The van der Waals surface area contributed by atoms with Crippen LogP contribution in [0.5, 0.6) is 0 Å². The largest absolute Gasteiger partial charge is 0.391 e. The van der Waals surface area contributed by atoms with Crippen molar-refractivity contribution in [1.82, 2.24) is 30.9 Å². The number of H-pyrrole nitrogens is 2. The number of pyridine rings is 1. The molecule has 5 rings (SSSR count). The van der Waals surface area contributed by atoms with Crippen molar-refractivity contribution in [2.45, 2.75) is 58.3 Å². The number of hydrogen-bond acceptors (Lipinski definition) is 6. The summed E-state index contributed by atoms with van der Waals surface area (Å²) in [6.07, 6.45) is 10.9. The highest BCUT2D eigenvalue weighted by Gasteiger charge is 2.27. The smallest absolute Gasteiger partial charge is 0.260 e. The van der Waals surface area contributed by atoms with Gasteiger partial charge in [-0.15, -0.1) is 10.2 Å². The highest BCUT2D eigenvalue weighted by atomic mass is 16.1. The van der Waals surface area contributed by atoms with Gasteiger partial charge in [-0.1, -0.05) is 38.1 Å². The standard InChI is InChI=1S/C27H33N7O/c1-27(2)12-9-19(10-13-27)18-5-7-20(8-6-18)23-15-21(22(28)11-14-29-16-17-3-4-17)24(26(35)30-23)25-31-33-34-32-25/h5-8,11,14-15,17,19,28-29H,3-4,9-10,12-13,16H2,1-2H3,(H,30,35)(H,31,32,33,34)/b14-11-,28-22?. The Bertz CT molecular complexity index is 1260. The number of allylic oxidation sites excluding steroid dienone is 1. The number of rotatable bonds is 8.